The van der Waals surface area contributed by atoms with E-state index in [-0.39, 0.29) is 0 Å². The van der Waals surface area contributed by atoms with Crippen molar-refractivity contribution in [1.82, 2.24) is 9.97 Å². The van der Waals surface area contributed by atoms with E-state index in [1.807, 2.05) is 30.5 Å². The smallest absolute Gasteiger partial charge is 0.130 e. The normalized spacial score (nSPS) is 17.6. The average Bonchev–Trinajstić information content (AvgIpc) is 2.73. The summed E-state index contributed by atoms with van der Waals surface area (Å²) >= 11 is 7.71. The predicted octanol–water partition coefficient (Wildman–Crippen LogP) is 3.39. The molecule has 0 spiro atoms. The molecular weight excluding hydrogens is 254 g/mol. The van der Waals surface area contributed by atoms with Gasteiger partial charge in [-0.1, -0.05) is 29.4 Å². The number of rotatable bonds is 2. The second-order valence-electron chi connectivity index (χ2n) is 3.75. The fourth-order valence-electron chi connectivity index (χ4n) is 1.82. The van der Waals surface area contributed by atoms with Gasteiger partial charge in [0.25, 0.3) is 0 Å². The number of thioether (sulfide) groups is 1. The second kappa shape index (κ2) is 4.55. The van der Waals surface area contributed by atoms with Gasteiger partial charge in [0.1, 0.15) is 5.82 Å². The standard InChI is InChI=1S/C12H10ClN3S/c13-8-5-9-10(7-16-12(9)15-6-8)17-11-3-1-2-4-14-11/h1-6,10H,7H2,(H,15,16). The Morgan fingerprint density at radius 2 is 2.29 bits per heavy atom. The Bertz CT molecular complexity index is 533. The quantitative estimate of drug-likeness (QED) is 0.901. The third-order valence-corrected chi connectivity index (χ3v) is 3.98. The van der Waals surface area contributed by atoms with Crippen LogP contribution in [-0.2, 0) is 0 Å². The zero-order chi connectivity index (χ0) is 11.7. The van der Waals surface area contributed by atoms with E-state index in [1.165, 1.54) is 0 Å². The summed E-state index contributed by atoms with van der Waals surface area (Å²) in [4.78, 5) is 8.59. The van der Waals surface area contributed by atoms with Crippen LogP contribution in [0.5, 0.6) is 0 Å². The molecule has 0 aliphatic carbocycles. The highest BCUT2D eigenvalue weighted by Crippen LogP contribution is 2.41. The largest absolute Gasteiger partial charge is 0.368 e. The number of nitrogens with one attached hydrogen (secondary N) is 1. The van der Waals surface area contributed by atoms with Crippen LogP contribution in [0.2, 0.25) is 5.02 Å². The fourth-order valence-corrected chi connectivity index (χ4v) is 3.03. The number of pyridine rings is 2. The van der Waals surface area contributed by atoms with Crippen LogP contribution >= 0.6 is 23.4 Å². The minimum absolute atomic E-state index is 0.325. The molecule has 1 atom stereocenters. The molecule has 0 saturated heterocycles. The van der Waals surface area contributed by atoms with E-state index in [2.05, 4.69) is 15.3 Å². The molecule has 1 unspecified atom stereocenters. The Kier molecular flexibility index (Phi) is 2.91. The minimum atomic E-state index is 0.325. The zero-order valence-corrected chi connectivity index (χ0v) is 10.5. The molecule has 3 heterocycles. The van der Waals surface area contributed by atoms with E-state index in [4.69, 9.17) is 11.6 Å². The summed E-state index contributed by atoms with van der Waals surface area (Å²) in [5.41, 5.74) is 1.16. The summed E-state index contributed by atoms with van der Waals surface area (Å²) in [5, 5.41) is 5.30. The van der Waals surface area contributed by atoms with E-state index >= 15 is 0 Å². The van der Waals surface area contributed by atoms with Gasteiger partial charge in [0.2, 0.25) is 0 Å². The predicted molar refractivity (Wildman–Crippen MR) is 70.6 cm³/mol. The van der Waals surface area contributed by atoms with Crippen LogP contribution < -0.4 is 5.32 Å². The number of nitrogens with zero attached hydrogens (tertiary/aromatic N) is 2. The zero-order valence-electron chi connectivity index (χ0n) is 8.93. The fraction of sp³-hybridized carbons (Fsp3) is 0.167. The number of halogens is 1. The number of hydrogen-bond acceptors (Lipinski definition) is 4. The molecule has 1 aliphatic heterocycles. The van der Waals surface area contributed by atoms with Gasteiger partial charge < -0.3 is 5.32 Å². The van der Waals surface area contributed by atoms with Crippen LogP contribution in [-0.4, -0.2) is 16.5 Å². The maximum Gasteiger partial charge on any atom is 0.130 e. The van der Waals surface area contributed by atoms with Gasteiger partial charge in [0, 0.05) is 24.5 Å². The first-order valence-electron chi connectivity index (χ1n) is 5.30. The van der Waals surface area contributed by atoms with Crippen LogP contribution in [0.25, 0.3) is 0 Å². The highest BCUT2D eigenvalue weighted by Gasteiger charge is 2.24. The van der Waals surface area contributed by atoms with Gasteiger partial charge in [0.15, 0.2) is 0 Å². The minimum Gasteiger partial charge on any atom is -0.368 e. The molecule has 0 saturated carbocycles. The number of hydrogen-bond donors (Lipinski definition) is 1. The Hall–Kier alpha value is -1.26. The van der Waals surface area contributed by atoms with Crippen molar-refractivity contribution in [2.75, 3.05) is 11.9 Å². The summed E-state index contributed by atoms with van der Waals surface area (Å²) in [6, 6.07) is 7.91. The molecule has 2 aromatic heterocycles. The Morgan fingerprint density at radius 1 is 1.35 bits per heavy atom. The van der Waals surface area contributed by atoms with Crippen molar-refractivity contribution >= 4 is 29.2 Å². The van der Waals surface area contributed by atoms with Crippen LogP contribution in [0.15, 0.2) is 41.7 Å². The van der Waals surface area contributed by atoms with E-state index in [0.29, 0.717) is 10.3 Å². The first kappa shape index (κ1) is 10.9. The summed E-state index contributed by atoms with van der Waals surface area (Å²) in [6.07, 6.45) is 3.48. The van der Waals surface area contributed by atoms with Crippen LogP contribution in [0.4, 0.5) is 5.82 Å². The number of aromatic nitrogens is 2. The van der Waals surface area contributed by atoms with E-state index in [1.54, 1.807) is 18.0 Å². The van der Waals surface area contributed by atoms with Crippen LogP contribution in [0.1, 0.15) is 10.8 Å². The van der Waals surface area contributed by atoms with Crippen molar-refractivity contribution in [2.45, 2.75) is 10.3 Å². The summed E-state index contributed by atoms with van der Waals surface area (Å²) in [7, 11) is 0. The van der Waals surface area contributed by atoms with Crippen molar-refractivity contribution in [2.24, 2.45) is 0 Å². The van der Waals surface area contributed by atoms with Gasteiger partial charge in [-0.3, -0.25) is 0 Å². The van der Waals surface area contributed by atoms with Gasteiger partial charge in [-0.25, -0.2) is 9.97 Å². The molecule has 0 radical (unpaired) electrons. The van der Waals surface area contributed by atoms with Gasteiger partial charge in [0.05, 0.1) is 15.3 Å². The topological polar surface area (TPSA) is 37.8 Å². The monoisotopic (exact) mass is 263 g/mol. The van der Waals surface area contributed by atoms with Crippen molar-refractivity contribution in [3.8, 4) is 0 Å². The molecule has 1 aliphatic rings. The second-order valence-corrected chi connectivity index (χ2v) is 5.41. The third-order valence-electron chi connectivity index (χ3n) is 2.59. The van der Waals surface area contributed by atoms with Crippen molar-refractivity contribution in [3.63, 3.8) is 0 Å². The first-order chi connectivity index (χ1) is 8.33. The molecular formula is C12H10ClN3S. The van der Waals surface area contributed by atoms with Crippen molar-refractivity contribution in [1.29, 1.82) is 0 Å². The van der Waals surface area contributed by atoms with Crippen LogP contribution in [0, 0.1) is 0 Å². The Balaban J connectivity index is 1.86. The molecule has 2 aromatic rings. The first-order valence-corrected chi connectivity index (χ1v) is 6.56. The Morgan fingerprint density at radius 3 is 3.12 bits per heavy atom. The Labute approximate surface area is 109 Å². The lowest BCUT2D eigenvalue weighted by Crippen LogP contribution is -1.98. The van der Waals surface area contributed by atoms with Crippen molar-refractivity contribution in [3.05, 3.63) is 47.2 Å². The molecule has 86 valence electrons. The van der Waals surface area contributed by atoms with E-state index in [9.17, 15) is 0 Å². The summed E-state index contributed by atoms with van der Waals surface area (Å²) in [6.45, 7) is 0.865. The highest BCUT2D eigenvalue weighted by atomic mass is 35.5. The van der Waals surface area contributed by atoms with Crippen molar-refractivity contribution < 1.29 is 0 Å². The maximum atomic E-state index is 5.98. The van der Waals surface area contributed by atoms with Gasteiger partial charge >= 0.3 is 0 Å². The molecule has 5 heteroatoms. The molecule has 1 N–H and O–H groups in total. The molecule has 0 aromatic carbocycles. The highest BCUT2D eigenvalue weighted by molar-refractivity contribution is 7.99. The lowest BCUT2D eigenvalue weighted by atomic mass is 10.2. The molecule has 17 heavy (non-hydrogen) atoms. The third kappa shape index (κ3) is 2.23. The molecule has 0 fully saturated rings. The van der Waals surface area contributed by atoms with Crippen LogP contribution in [0.3, 0.4) is 0 Å². The summed E-state index contributed by atoms with van der Waals surface area (Å²) < 4.78 is 0. The number of anilines is 1. The molecule has 3 nitrogen and oxygen atoms in total. The van der Waals surface area contributed by atoms with E-state index in [0.717, 1.165) is 23.0 Å². The lowest BCUT2D eigenvalue weighted by molar-refractivity contribution is 1.04. The SMILES string of the molecule is Clc1cnc2c(c1)C(Sc1ccccn1)CN2. The summed E-state index contributed by atoms with van der Waals surface area (Å²) in [5.74, 6) is 0.933. The molecule has 3 rings (SSSR count). The average molecular weight is 264 g/mol. The van der Waals surface area contributed by atoms with Gasteiger partial charge in [-0.05, 0) is 18.2 Å². The van der Waals surface area contributed by atoms with E-state index < -0.39 is 0 Å². The lowest BCUT2D eigenvalue weighted by Gasteiger charge is -2.08. The van der Waals surface area contributed by atoms with Gasteiger partial charge in [-0.15, -0.1) is 0 Å². The molecule has 0 amide bonds. The van der Waals surface area contributed by atoms with Gasteiger partial charge in [-0.2, -0.15) is 0 Å². The maximum absolute atomic E-state index is 5.98. The number of fused-ring (bicyclic) bond motifs is 1. The molecule has 0 bridgehead atoms.